The summed E-state index contributed by atoms with van der Waals surface area (Å²) in [6, 6.07) is 16.4. The van der Waals surface area contributed by atoms with Crippen LogP contribution in [0.5, 0.6) is 5.75 Å². The van der Waals surface area contributed by atoms with E-state index in [4.69, 9.17) is 4.74 Å². The van der Waals surface area contributed by atoms with Crippen LogP contribution in [0.2, 0.25) is 0 Å². The first-order valence-electron chi connectivity index (χ1n) is 11.1. The summed E-state index contributed by atoms with van der Waals surface area (Å²) < 4.78 is 5.99. The van der Waals surface area contributed by atoms with Gasteiger partial charge in [-0.15, -0.1) is 0 Å². The number of nitrogens with zero attached hydrogens (tertiary/aromatic N) is 1. The van der Waals surface area contributed by atoms with Crippen LogP contribution < -0.4 is 10.1 Å². The summed E-state index contributed by atoms with van der Waals surface area (Å²) in [5.41, 5.74) is 3.28. The predicted octanol–water partition coefficient (Wildman–Crippen LogP) is 3.83. The number of piperidine rings is 1. The van der Waals surface area contributed by atoms with Crippen molar-refractivity contribution >= 4 is 11.6 Å². The van der Waals surface area contributed by atoms with Gasteiger partial charge in [0.1, 0.15) is 18.5 Å². The van der Waals surface area contributed by atoms with Crippen LogP contribution in [0, 0.1) is 5.92 Å². The molecule has 0 saturated carbocycles. The van der Waals surface area contributed by atoms with Crippen LogP contribution in [-0.2, 0) is 11.2 Å². The van der Waals surface area contributed by atoms with Crippen LogP contribution in [-0.4, -0.2) is 48.3 Å². The van der Waals surface area contributed by atoms with Crippen molar-refractivity contribution in [1.29, 1.82) is 0 Å². The molecule has 2 N–H and O–H groups in total. The third-order valence-electron chi connectivity index (χ3n) is 6.30. The van der Waals surface area contributed by atoms with Gasteiger partial charge in [0.15, 0.2) is 0 Å². The number of amides is 1. The van der Waals surface area contributed by atoms with Gasteiger partial charge in [0.2, 0.25) is 5.91 Å². The summed E-state index contributed by atoms with van der Waals surface area (Å²) in [5.74, 6) is 1.65. The molecule has 2 unspecified atom stereocenters. The Morgan fingerprint density at radius 1 is 1.13 bits per heavy atom. The van der Waals surface area contributed by atoms with Gasteiger partial charge in [-0.05, 0) is 61.9 Å². The Bertz CT molecular complexity index is 847. The van der Waals surface area contributed by atoms with Gasteiger partial charge in [-0.3, -0.25) is 4.79 Å². The Hall–Kier alpha value is -2.37. The molecular formula is C25H32N2O3. The molecule has 0 spiro atoms. The number of carbonyl (C=O) groups is 1. The lowest BCUT2D eigenvalue weighted by atomic mass is 9.90. The molecule has 2 aromatic carbocycles. The van der Waals surface area contributed by atoms with Gasteiger partial charge < -0.3 is 20.1 Å². The summed E-state index contributed by atoms with van der Waals surface area (Å²) >= 11 is 0. The van der Waals surface area contributed by atoms with Crippen molar-refractivity contribution in [1.82, 2.24) is 4.90 Å². The van der Waals surface area contributed by atoms with E-state index in [1.54, 1.807) is 0 Å². The maximum absolute atomic E-state index is 11.8. The van der Waals surface area contributed by atoms with Crippen molar-refractivity contribution < 1.29 is 14.6 Å². The molecule has 1 fully saturated rings. The van der Waals surface area contributed by atoms with Gasteiger partial charge in [0.25, 0.3) is 0 Å². The number of aliphatic hydroxyl groups is 1. The molecule has 1 amide bonds. The minimum absolute atomic E-state index is 0.0443. The molecule has 4 rings (SSSR count). The number of ether oxygens (including phenoxy) is 1. The van der Waals surface area contributed by atoms with Crippen molar-refractivity contribution in [3.05, 3.63) is 59.7 Å². The van der Waals surface area contributed by atoms with Crippen LogP contribution in [0.4, 0.5) is 5.69 Å². The first-order valence-corrected chi connectivity index (χ1v) is 11.1. The predicted molar refractivity (Wildman–Crippen MR) is 119 cm³/mol. The lowest BCUT2D eigenvalue weighted by Gasteiger charge is -2.33. The molecule has 2 aliphatic heterocycles. The average molecular weight is 409 g/mol. The highest BCUT2D eigenvalue weighted by Crippen LogP contribution is 2.38. The Morgan fingerprint density at radius 3 is 2.67 bits per heavy atom. The van der Waals surface area contributed by atoms with Gasteiger partial charge in [-0.2, -0.15) is 0 Å². The van der Waals surface area contributed by atoms with Crippen LogP contribution in [0.1, 0.15) is 43.2 Å². The Kier molecular flexibility index (Phi) is 6.70. The second kappa shape index (κ2) is 9.63. The molecular weight excluding hydrogens is 376 g/mol. The number of benzene rings is 2. The molecule has 2 atom stereocenters. The Balaban J connectivity index is 1.24. The minimum atomic E-state index is -0.528. The highest BCUT2D eigenvalue weighted by atomic mass is 16.5. The number of rotatable bonds is 7. The molecule has 2 aliphatic rings. The molecule has 30 heavy (non-hydrogen) atoms. The van der Waals surface area contributed by atoms with Crippen LogP contribution in [0.15, 0.2) is 48.5 Å². The number of aliphatic hydroxyl groups excluding tert-OH is 1. The van der Waals surface area contributed by atoms with Crippen molar-refractivity contribution in [3.8, 4) is 5.75 Å². The normalized spacial score (nSPS) is 21.0. The molecule has 1 saturated heterocycles. The SMILES string of the molecule is CC1CC(=O)Nc2cccc(OCC(O)CN3CCC(Cc4ccccc4)CC3)c21. The lowest BCUT2D eigenvalue weighted by Crippen LogP contribution is -2.41. The van der Waals surface area contributed by atoms with Crippen molar-refractivity contribution in [2.24, 2.45) is 5.92 Å². The zero-order chi connectivity index (χ0) is 20.9. The van der Waals surface area contributed by atoms with E-state index in [-0.39, 0.29) is 18.4 Å². The van der Waals surface area contributed by atoms with E-state index in [1.807, 2.05) is 25.1 Å². The maximum Gasteiger partial charge on any atom is 0.224 e. The van der Waals surface area contributed by atoms with E-state index in [0.717, 1.165) is 42.4 Å². The zero-order valence-corrected chi connectivity index (χ0v) is 17.7. The summed E-state index contributed by atoms with van der Waals surface area (Å²) in [5, 5.41) is 13.5. The fourth-order valence-electron chi connectivity index (χ4n) is 4.73. The number of carbonyl (C=O) groups excluding carboxylic acids is 1. The lowest BCUT2D eigenvalue weighted by molar-refractivity contribution is -0.116. The number of likely N-dealkylation sites (tertiary alicyclic amines) is 1. The number of hydrogen-bond acceptors (Lipinski definition) is 4. The molecule has 2 aromatic rings. The molecule has 0 aliphatic carbocycles. The van der Waals surface area contributed by atoms with Crippen LogP contribution in [0.25, 0.3) is 0 Å². The van der Waals surface area contributed by atoms with Crippen molar-refractivity contribution in [2.75, 3.05) is 31.6 Å². The third-order valence-corrected chi connectivity index (χ3v) is 6.30. The van der Waals surface area contributed by atoms with Gasteiger partial charge in [0.05, 0.1) is 0 Å². The number of nitrogens with one attached hydrogen (secondary N) is 1. The van der Waals surface area contributed by atoms with Crippen molar-refractivity contribution in [2.45, 2.75) is 44.6 Å². The minimum Gasteiger partial charge on any atom is -0.490 e. The van der Waals surface area contributed by atoms with E-state index >= 15 is 0 Å². The molecule has 2 heterocycles. The third kappa shape index (κ3) is 5.21. The van der Waals surface area contributed by atoms with E-state index in [0.29, 0.717) is 13.0 Å². The molecule has 5 heteroatoms. The second-order valence-corrected chi connectivity index (χ2v) is 8.77. The molecule has 5 nitrogen and oxygen atoms in total. The van der Waals surface area contributed by atoms with E-state index in [9.17, 15) is 9.90 Å². The Morgan fingerprint density at radius 2 is 1.90 bits per heavy atom. The standard InChI is InChI=1S/C25H32N2O3/c1-18-14-24(29)26-22-8-5-9-23(25(18)22)30-17-21(28)16-27-12-10-20(11-13-27)15-19-6-3-2-4-7-19/h2-9,18,20-21,28H,10-17H2,1H3,(H,26,29). The molecule has 160 valence electrons. The average Bonchev–Trinajstić information content (AvgIpc) is 2.74. The molecule has 0 radical (unpaired) electrons. The largest absolute Gasteiger partial charge is 0.490 e. The summed E-state index contributed by atoms with van der Waals surface area (Å²) in [7, 11) is 0. The van der Waals surface area contributed by atoms with E-state index in [1.165, 1.54) is 18.4 Å². The number of anilines is 1. The highest BCUT2D eigenvalue weighted by Gasteiger charge is 2.26. The monoisotopic (exact) mass is 408 g/mol. The van der Waals surface area contributed by atoms with E-state index < -0.39 is 6.10 Å². The number of hydrogen-bond donors (Lipinski definition) is 2. The maximum atomic E-state index is 11.8. The Labute approximate surface area is 179 Å². The summed E-state index contributed by atoms with van der Waals surface area (Å²) in [6.07, 6.45) is 3.43. The van der Waals surface area contributed by atoms with Crippen molar-refractivity contribution in [3.63, 3.8) is 0 Å². The van der Waals surface area contributed by atoms with Gasteiger partial charge in [0, 0.05) is 24.2 Å². The van der Waals surface area contributed by atoms with Gasteiger partial charge in [-0.25, -0.2) is 0 Å². The number of fused-ring (bicyclic) bond motifs is 1. The van der Waals surface area contributed by atoms with Gasteiger partial charge >= 0.3 is 0 Å². The van der Waals surface area contributed by atoms with Crippen LogP contribution in [0.3, 0.4) is 0 Å². The summed E-state index contributed by atoms with van der Waals surface area (Å²) in [6.45, 7) is 5.00. The van der Waals surface area contributed by atoms with Crippen LogP contribution >= 0.6 is 0 Å². The van der Waals surface area contributed by atoms with Gasteiger partial charge in [-0.1, -0.05) is 43.3 Å². The highest BCUT2D eigenvalue weighted by molar-refractivity contribution is 5.95. The second-order valence-electron chi connectivity index (χ2n) is 8.77. The molecule has 0 bridgehead atoms. The molecule has 0 aromatic heterocycles. The fraction of sp³-hybridized carbons (Fsp3) is 0.480. The topological polar surface area (TPSA) is 61.8 Å². The summed E-state index contributed by atoms with van der Waals surface area (Å²) in [4.78, 5) is 14.1. The first kappa shape index (κ1) is 20.9. The quantitative estimate of drug-likeness (QED) is 0.731. The first-order chi connectivity index (χ1) is 14.6. The number of β-amino-alcohol motifs (C(OH)–C–C–N with tert-alkyl or cyclic N) is 1. The smallest absolute Gasteiger partial charge is 0.224 e. The fourth-order valence-corrected chi connectivity index (χ4v) is 4.73. The zero-order valence-electron chi connectivity index (χ0n) is 17.7. The van der Waals surface area contributed by atoms with E-state index in [2.05, 4.69) is 40.5 Å².